The first-order chi connectivity index (χ1) is 8.56. The van der Waals surface area contributed by atoms with Gasteiger partial charge in [0.25, 0.3) is 10.1 Å². The van der Waals surface area contributed by atoms with Gasteiger partial charge in [0.2, 0.25) is 0 Å². The Balaban J connectivity index is 2.38. The molecule has 0 amide bonds. The second-order valence-electron chi connectivity index (χ2n) is 4.06. The number of aryl methyl sites for hydroxylation is 1. The zero-order valence-corrected chi connectivity index (χ0v) is 12.5. The number of thioether (sulfide) groups is 1. The van der Waals surface area contributed by atoms with E-state index >= 15 is 0 Å². The van der Waals surface area contributed by atoms with Crippen molar-refractivity contribution in [2.75, 3.05) is 18.1 Å². The number of rotatable bonds is 8. The molecular formula is C13H20O3S2. The Morgan fingerprint density at radius 3 is 2.44 bits per heavy atom. The Hall–Kier alpha value is -0.520. The van der Waals surface area contributed by atoms with Crippen LogP contribution < -0.4 is 0 Å². The molecule has 3 nitrogen and oxygen atoms in total. The molecule has 0 unspecified atom stereocenters. The van der Waals surface area contributed by atoms with Crippen molar-refractivity contribution < 1.29 is 12.6 Å². The molecule has 0 saturated heterocycles. The summed E-state index contributed by atoms with van der Waals surface area (Å²) < 4.78 is 28.6. The molecular weight excluding hydrogens is 268 g/mol. The van der Waals surface area contributed by atoms with E-state index < -0.39 is 10.1 Å². The summed E-state index contributed by atoms with van der Waals surface area (Å²) in [6, 6.07) is 6.70. The quantitative estimate of drug-likeness (QED) is 0.544. The fraction of sp³-hybridized carbons (Fsp3) is 0.538. The average molecular weight is 288 g/mol. The van der Waals surface area contributed by atoms with Crippen molar-refractivity contribution >= 4 is 21.9 Å². The number of benzene rings is 1. The van der Waals surface area contributed by atoms with Crippen molar-refractivity contribution in [1.82, 2.24) is 0 Å². The van der Waals surface area contributed by atoms with Crippen molar-refractivity contribution in [3.63, 3.8) is 0 Å². The summed E-state index contributed by atoms with van der Waals surface area (Å²) in [5, 5.41) is 0. The predicted molar refractivity (Wildman–Crippen MR) is 76.5 cm³/mol. The molecule has 0 heterocycles. The molecule has 5 heteroatoms. The molecule has 0 bridgehead atoms. The van der Waals surface area contributed by atoms with E-state index in [9.17, 15) is 8.42 Å². The highest BCUT2D eigenvalue weighted by Gasteiger charge is 2.14. The van der Waals surface area contributed by atoms with Gasteiger partial charge in [0.15, 0.2) is 0 Å². The first-order valence-electron chi connectivity index (χ1n) is 6.10. The predicted octanol–water partition coefficient (Wildman–Crippen LogP) is 3.23. The first-order valence-corrected chi connectivity index (χ1v) is 8.66. The van der Waals surface area contributed by atoms with Gasteiger partial charge in [-0.2, -0.15) is 20.2 Å². The molecule has 1 aromatic rings. The van der Waals surface area contributed by atoms with Gasteiger partial charge < -0.3 is 0 Å². The van der Waals surface area contributed by atoms with Crippen LogP contribution in [0.25, 0.3) is 0 Å². The summed E-state index contributed by atoms with van der Waals surface area (Å²) in [5.74, 6) is 2.06. The smallest absolute Gasteiger partial charge is 0.266 e. The van der Waals surface area contributed by atoms with Gasteiger partial charge in [0.1, 0.15) is 0 Å². The minimum Gasteiger partial charge on any atom is -0.266 e. The van der Waals surface area contributed by atoms with Crippen LogP contribution in [0.15, 0.2) is 29.2 Å². The second-order valence-corrected chi connectivity index (χ2v) is 6.90. The highest BCUT2D eigenvalue weighted by Crippen LogP contribution is 2.14. The van der Waals surface area contributed by atoms with Gasteiger partial charge in [0.05, 0.1) is 11.5 Å². The van der Waals surface area contributed by atoms with Crippen molar-refractivity contribution in [1.29, 1.82) is 0 Å². The Morgan fingerprint density at radius 2 is 1.83 bits per heavy atom. The summed E-state index contributed by atoms with van der Waals surface area (Å²) in [4.78, 5) is 0.231. The lowest BCUT2D eigenvalue weighted by Gasteiger charge is -2.05. The number of hydrogen-bond donors (Lipinski definition) is 0. The van der Waals surface area contributed by atoms with Crippen molar-refractivity contribution in [2.24, 2.45) is 0 Å². The highest BCUT2D eigenvalue weighted by molar-refractivity contribution is 7.99. The van der Waals surface area contributed by atoms with Gasteiger partial charge >= 0.3 is 0 Å². The molecule has 0 atom stereocenters. The minimum atomic E-state index is -3.58. The van der Waals surface area contributed by atoms with Crippen LogP contribution >= 0.6 is 11.8 Å². The number of hydrogen-bond acceptors (Lipinski definition) is 4. The Bertz CT molecular complexity index is 438. The molecule has 0 fully saturated rings. The average Bonchev–Trinajstić information content (AvgIpc) is 2.34. The van der Waals surface area contributed by atoms with Gasteiger partial charge in [-0.15, -0.1) is 0 Å². The zero-order chi connectivity index (χ0) is 13.4. The maximum atomic E-state index is 11.8. The zero-order valence-electron chi connectivity index (χ0n) is 10.9. The monoisotopic (exact) mass is 288 g/mol. The summed E-state index contributed by atoms with van der Waals surface area (Å²) >= 11 is 1.83. The van der Waals surface area contributed by atoms with Gasteiger partial charge in [-0.3, -0.25) is 4.18 Å². The summed E-state index contributed by atoms with van der Waals surface area (Å²) in [7, 11) is -3.58. The van der Waals surface area contributed by atoms with Crippen LogP contribution in [0.4, 0.5) is 0 Å². The van der Waals surface area contributed by atoms with Crippen LogP contribution in [0.5, 0.6) is 0 Å². The third-order valence-electron chi connectivity index (χ3n) is 2.33. The van der Waals surface area contributed by atoms with Crippen LogP contribution in [-0.2, 0) is 14.3 Å². The molecule has 0 radical (unpaired) electrons. The lowest BCUT2D eigenvalue weighted by molar-refractivity contribution is 0.319. The molecule has 0 aliphatic heterocycles. The van der Waals surface area contributed by atoms with Crippen LogP contribution in [0.1, 0.15) is 25.3 Å². The van der Waals surface area contributed by atoms with Gasteiger partial charge in [-0.1, -0.05) is 24.6 Å². The van der Waals surface area contributed by atoms with Gasteiger partial charge in [-0.05, 0) is 43.4 Å². The topological polar surface area (TPSA) is 43.4 Å². The van der Waals surface area contributed by atoms with Gasteiger partial charge in [0, 0.05) is 0 Å². The molecule has 102 valence electrons. The third kappa shape index (κ3) is 5.42. The Kier molecular flexibility index (Phi) is 6.75. The SMILES string of the molecule is CCCSCCCOS(=O)(=O)c1ccc(C)cc1. The third-order valence-corrected chi connectivity index (χ3v) is 4.93. The second kappa shape index (κ2) is 7.81. The molecule has 0 saturated carbocycles. The lowest BCUT2D eigenvalue weighted by atomic mass is 10.2. The highest BCUT2D eigenvalue weighted by atomic mass is 32.2. The van der Waals surface area contributed by atoms with E-state index in [-0.39, 0.29) is 11.5 Å². The largest absolute Gasteiger partial charge is 0.296 e. The summed E-state index contributed by atoms with van der Waals surface area (Å²) in [6.45, 7) is 4.31. The maximum Gasteiger partial charge on any atom is 0.296 e. The van der Waals surface area contributed by atoms with Gasteiger partial charge in [-0.25, -0.2) is 0 Å². The van der Waals surface area contributed by atoms with Crippen molar-refractivity contribution in [3.05, 3.63) is 29.8 Å². The van der Waals surface area contributed by atoms with Crippen LogP contribution in [0, 0.1) is 6.92 Å². The first kappa shape index (κ1) is 15.5. The van der Waals surface area contributed by atoms with Crippen LogP contribution in [0.2, 0.25) is 0 Å². The van der Waals surface area contributed by atoms with E-state index in [1.807, 2.05) is 18.7 Å². The van der Waals surface area contributed by atoms with E-state index in [2.05, 4.69) is 6.92 Å². The molecule has 0 aliphatic rings. The fourth-order valence-corrected chi connectivity index (χ4v) is 3.11. The molecule has 0 aliphatic carbocycles. The Morgan fingerprint density at radius 1 is 1.17 bits per heavy atom. The lowest BCUT2D eigenvalue weighted by Crippen LogP contribution is -2.08. The van der Waals surface area contributed by atoms with E-state index in [0.29, 0.717) is 0 Å². The molecule has 0 N–H and O–H groups in total. The van der Waals surface area contributed by atoms with E-state index in [4.69, 9.17) is 4.18 Å². The van der Waals surface area contributed by atoms with E-state index in [1.54, 1.807) is 24.3 Å². The Labute approximate surface area is 114 Å². The van der Waals surface area contributed by atoms with E-state index in [0.717, 1.165) is 29.9 Å². The van der Waals surface area contributed by atoms with Crippen LogP contribution in [0.3, 0.4) is 0 Å². The van der Waals surface area contributed by atoms with E-state index in [1.165, 1.54) is 0 Å². The molecule has 1 rings (SSSR count). The van der Waals surface area contributed by atoms with Crippen molar-refractivity contribution in [3.8, 4) is 0 Å². The molecule has 0 spiro atoms. The molecule has 18 heavy (non-hydrogen) atoms. The maximum absolute atomic E-state index is 11.8. The normalized spacial score (nSPS) is 11.7. The van der Waals surface area contributed by atoms with Crippen LogP contribution in [-0.4, -0.2) is 26.5 Å². The van der Waals surface area contributed by atoms with Crippen molar-refractivity contribution in [2.45, 2.75) is 31.6 Å². The molecule has 0 aromatic heterocycles. The molecule has 1 aromatic carbocycles. The minimum absolute atomic E-state index is 0.231. The summed E-state index contributed by atoms with van der Waals surface area (Å²) in [6.07, 6.45) is 1.91. The fourth-order valence-electron chi connectivity index (χ4n) is 1.35. The standard InChI is InChI=1S/C13H20O3S2/c1-3-10-17-11-4-9-16-18(14,15)13-7-5-12(2)6-8-13/h5-8H,3-4,9-11H2,1-2H3. The summed E-state index contributed by atoms with van der Waals surface area (Å²) in [5.41, 5.74) is 1.03.